The topological polar surface area (TPSA) is 60.9 Å². The van der Waals surface area contributed by atoms with E-state index in [4.69, 9.17) is 5.11 Å². The SMILES string of the molecule is CC(C)N(CC(=O)O)CC(=O)N1CCC(Cc2ccccc2)CC1. The van der Waals surface area contributed by atoms with Crippen molar-refractivity contribution in [2.24, 2.45) is 5.92 Å². The van der Waals surface area contributed by atoms with Gasteiger partial charge < -0.3 is 10.0 Å². The van der Waals surface area contributed by atoms with Crippen molar-refractivity contribution >= 4 is 11.9 Å². The molecule has 1 aliphatic rings. The predicted octanol–water partition coefficient (Wildman–Crippen LogP) is 2.26. The Morgan fingerprint density at radius 1 is 1.17 bits per heavy atom. The summed E-state index contributed by atoms with van der Waals surface area (Å²) in [5, 5.41) is 8.96. The molecule has 0 aromatic heterocycles. The Bertz CT molecular complexity index is 537. The lowest BCUT2D eigenvalue weighted by Crippen LogP contribution is -2.47. The number of rotatable bonds is 7. The zero-order valence-electron chi connectivity index (χ0n) is 14.6. The van der Waals surface area contributed by atoms with Crippen LogP contribution in [-0.2, 0) is 16.0 Å². The van der Waals surface area contributed by atoms with Crippen molar-refractivity contribution in [3.63, 3.8) is 0 Å². The molecule has 5 nitrogen and oxygen atoms in total. The molecule has 1 aromatic rings. The fraction of sp³-hybridized carbons (Fsp3) is 0.579. The molecule has 0 bridgehead atoms. The Morgan fingerprint density at radius 3 is 2.33 bits per heavy atom. The Hall–Kier alpha value is -1.88. The molecule has 1 fully saturated rings. The highest BCUT2D eigenvalue weighted by molar-refractivity contribution is 5.79. The summed E-state index contributed by atoms with van der Waals surface area (Å²) in [5.74, 6) is -0.224. The smallest absolute Gasteiger partial charge is 0.317 e. The number of nitrogens with zero attached hydrogens (tertiary/aromatic N) is 2. The first-order valence-corrected chi connectivity index (χ1v) is 8.73. The van der Waals surface area contributed by atoms with Crippen LogP contribution < -0.4 is 0 Å². The van der Waals surface area contributed by atoms with Crippen molar-refractivity contribution < 1.29 is 14.7 Å². The summed E-state index contributed by atoms with van der Waals surface area (Å²) in [4.78, 5) is 27.0. The van der Waals surface area contributed by atoms with E-state index in [1.165, 1.54) is 5.56 Å². The summed E-state index contributed by atoms with van der Waals surface area (Å²) < 4.78 is 0. The van der Waals surface area contributed by atoms with E-state index in [-0.39, 0.29) is 25.0 Å². The number of likely N-dealkylation sites (tertiary alicyclic amines) is 1. The highest BCUT2D eigenvalue weighted by Gasteiger charge is 2.25. The minimum absolute atomic E-state index is 0.0423. The number of carboxylic acids is 1. The minimum atomic E-state index is -0.891. The van der Waals surface area contributed by atoms with Gasteiger partial charge in [0.2, 0.25) is 5.91 Å². The molecule has 5 heteroatoms. The summed E-state index contributed by atoms with van der Waals surface area (Å²) >= 11 is 0. The van der Waals surface area contributed by atoms with E-state index in [2.05, 4.69) is 24.3 Å². The van der Waals surface area contributed by atoms with Crippen LogP contribution in [0.2, 0.25) is 0 Å². The third-order valence-corrected chi connectivity index (χ3v) is 4.74. The molecule has 1 aliphatic heterocycles. The lowest BCUT2D eigenvalue weighted by molar-refractivity contribution is -0.140. The molecule has 1 amide bonds. The third kappa shape index (κ3) is 5.64. The van der Waals surface area contributed by atoms with Gasteiger partial charge in [-0.3, -0.25) is 14.5 Å². The van der Waals surface area contributed by atoms with Gasteiger partial charge in [-0.2, -0.15) is 0 Å². The van der Waals surface area contributed by atoms with E-state index in [1.54, 1.807) is 4.90 Å². The lowest BCUT2D eigenvalue weighted by Gasteiger charge is -2.34. The third-order valence-electron chi connectivity index (χ3n) is 4.74. The van der Waals surface area contributed by atoms with E-state index in [1.807, 2.05) is 24.8 Å². The highest BCUT2D eigenvalue weighted by atomic mass is 16.4. The van der Waals surface area contributed by atoms with Crippen LogP contribution in [0.1, 0.15) is 32.3 Å². The van der Waals surface area contributed by atoms with Crippen LogP contribution in [-0.4, -0.2) is 59.0 Å². The average Bonchev–Trinajstić information content (AvgIpc) is 2.55. The summed E-state index contributed by atoms with van der Waals surface area (Å²) in [6, 6.07) is 10.5. The first kappa shape index (κ1) is 18.5. The van der Waals surface area contributed by atoms with Crippen LogP contribution in [0.4, 0.5) is 0 Å². The average molecular weight is 332 g/mol. The van der Waals surface area contributed by atoms with Gasteiger partial charge in [0, 0.05) is 19.1 Å². The Kier molecular flexibility index (Phi) is 6.79. The minimum Gasteiger partial charge on any atom is -0.480 e. The van der Waals surface area contributed by atoms with E-state index >= 15 is 0 Å². The van der Waals surface area contributed by atoms with Gasteiger partial charge in [-0.25, -0.2) is 0 Å². The second kappa shape index (κ2) is 8.83. The van der Waals surface area contributed by atoms with Crippen LogP contribution in [0.3, 0.4) is 0 Å². The number of hydrogen-bond donors (Lipinski definition) is 1. The zero-order valence-corrected chi connectivity index (χ0v) is 14.6. The second-order valence-corrected chi connectivity index (χ2v) is 6.91. The number of carbonyl (C=O) groups is 2. The molecule has 0 saturated carbocycles. The molecule has 0 aliphatic carbocycles. The number of carboxylic acid groups (broad SMARTS) is 1. The molecule has 2 rings (SSSR count). The van der Waals surface area contributed by atoms with Crippen molar-refractivity contribution in [1.82, 2.24) is 9.80 Å². The molecule has 132 valence electrons. The molecular weight excluding hydrogens is 304 g/mol. The molecule has 0 atom stereocenters. The van der Waals surface area contributed by atoms with Crippen molar-refractivity contribution in [3.8, 4) is 0 Å². The number of aliphatic carboxylic acids is 1. The van der Waals surface area contributed by atoms with Gasteiger partial charge in [0.05, 0.1) is 13.1 Å². The maximum absolute atomic E-state index is 12.5. The fourth-order valence-corrected chi connectivity index (χ4v) is 3.20. The van der Waals surface area contributed by atoms with Gasteiger partial charge in [0.15, 0.2) is 0 Å². The Morgan fingerprint density at radius 2 is 1.79 bits per heavy atom. The molecule has 1 N–H and O–H groups in total. The van der Waals surface area contributed by atoms with Gasteiger partial charge in [0.1, 0.15) is 0 Å². The molecule has 0 radical (unpaired) electrons. The predicted molar refractivity (Wildman–Crippen MR) is 93.8 cm³/mol. The van der Waals surface area contributed by atoms with Crippen LogP contribution in [0, 0.1) is 5.92 Å². The standard InChI is InChI=1S/C19H28N2O3/c1-15(2)21(14-19(23)24)13-18(22)20-10-8-17(9-11-20)12-16-6-4-3-5-7-16/h3-7,15,17H,8-14H2,1-2H3,(H,23,24). The van der Waals surface area contributed by atoms with Gasteiger partial charge in [0.25, 0.3) is 0 Å². The molecule has 0 spiro atoms. The summed E-state index contributed by atoms with van der Waals surface area (Å²) in [6.45, 7) is 5.48. The van der Waals surface area contributed by atoms with Crippen molar-refractivity contribution in [2.75, 3.05) is 26.2 Å². The zero-order chi connectivity index (χ0) is 17.5. The summed E-state index contributed by atoms with van der Waals surface area (Å²) in [6.07, 6.45) is 3.10. The first-order chi connectivity index (χ1) is 11.5. The van der Waals surface area contributed by atoms with Crippen molar-refractivity contribution in [2.45, 2.75) is 39.2 Å². The van der Waals surface area contributed by atoms with E-state index in [9.17, 15) is 9.59 Å². The van der Waals surface area contributed by atoms with Crippen molar-refractivity contribution in [1.29, 1.82) is 0 Å². The highest BCUT2D eigenvalue weighted by Crippen LogP contribution is 2.21. The lowest BCUT2D eigenvalue weighted by atomic mass is 9.90. The van der Waals surface area contributed by atoms with E-state index in [0.717, 1.165) is 32.4 Å². The summed E-state index contributed by atoms with van der Waals surface area (Å²) in [5.41, 5.74) is 1.36. The number of carbonyl (C=O) groups excluding carboxylic acids is 1. The quantitative estimate of drug-likeness (QED) is 0.832. The van der Waals surface area contributed by atoms with Crippen LogP contribution in [0.5, 0.6) is 0 Å². The molecule has 24 heavy (non-hydrogen) atoms. The van der Waals surface area contributed by atoms with Crippen LogP contribution >= 0.6 is 0 Å². The first-order valence-electron chi connectivity index (χ1n) is 8.73. The number of benzene rings is 1. The maximum Gasteiger partial charge on any atom is 0.317 e. The Balaban J connectivity index is 1.80. The Labute approximate surface area is 144 Å². The largest absolute Gasteiger partial charge is 0.480 e. The van der Waals surface area contributed by atoms with E-state index < -0.39 is 5.97 Å². The van der Waals surface area contributed by atoms with Crippen LogP contribution in [0.25, 0.3) is 0 Å². The van der Waals surface area contributed by atoms with Crippen LogP contribution in [0.15, 0.2) is 30.3 Å². The van der Waals surface area contributed by atoms with Gasteiger partial charge in [-0.05, 0) is 44.6 Å². The number of amides is 1. The fourth-order valence-electron chi connectivity index (χ4n) is 3.20. The van der Waals surface area contributed by atoms with Gasteiger partial charge in [-0.1, -0.05) is 30.3 Å². The molecule has 1 aromatic carbocycles. The van der Waals surface area contributed by atoms with Gasteiger partial charge >= 0.3 is 5.97 Å². The van der Waals surface area contributed by atoms with E-state index in [0.29, 0.717) is 5.92 Å². The molecule has 1 saturated heterocycles. The summed E-state index contributed by atoms with van der Waals surface area (Å²) in [7, 11) is 0. The van der Waals surface area contributed by atoms with Gasteiger partial charge in [-0.15, -0.1) is 0 Å². The molecular formula is C19H28N2O3. The monoisotopic (exact) mass is 332 g/mol. The number of hydrogen-bond acceptors (Lipinski definition) is 3. The molecule has 1 heterocycles. The normalized spacial score (nSPS) is 15.9. The van der Waals surface area contributed by atoms with Crippen molar-refractivity contribution in [3.05, 3.63) is 35.9 Å². The second-order valence-electron chi connectivity index (χ2n) is 6.91. The maximum atomic E-state index is 12.5. The number of piperidine rings is 1. The molecule has 0 unspecified atom stereocenters.